The van der Waals surface area contributed by atoms with Gasteiger partial charge in [0, 0.05) is 16.4 Å². The van der Waals surface area contributed by atoms with E-state index in [1.807, 2.05) is 12.1 Å². The van der Waals surface area contributed by atoms with Gasteiger partial charge in [-0.1, -0.05) is 31.5 Å². The highest BCUT2D eigenvalue weighted by Gasteiger charge is 2.28. The number of halogens is 1. The molecular formula is C17H21ClN2S. The van der Waals surface area contributed by atoms with Crippen LogP contribution in [-0.2, 0) is 0 Å². The number of thiazole rings is 1. The molecule has 1 aliphatic carbocycles. The minimum Gasteiger partial charge on any atom is -0.301 e. The fraction of sp³-hybridized carbons (Fsp3) is 0.471. The quantitative estimate of drug-likeness (QED) is 0.832. The Balaban J connectivity index is 1.95. The molecule has 1 heterocycles. The largest absolute Gasteiger partial charge is 0.301 e. The highest BCUT2D eigenvalue weighted by atomic mass is 35.5. The fourth-order valence-corrected chi connectivity index (χ4v) is 3.72. The molecular weight excluding hydrogens is 300 g/mol. The van der Waals surface area contributed by atoms with Gasteiger partial charge in [0.1, 0.15) is 5.01 Å². The van der Waals surface area contributed by atoms with Gasteiger partial charge in [-0.05, 0) is 48.9 Å². The summed E-state index contributed by atoms with van der Waals surface area (Å²) in [6.45, 7) is 6.51. The van der Waals surface area contributed by atoms with Crippen LogP contribution in [0.5, 0.6) is 0 Å². The van der Waals surface area contributed by atoms with Gasteiger partial charge in [0.25, 0.3) is 0 Å². The summed E-state index contributed by atoms with van der Waals surface area (Å²) in [4.78, 5) is 4.85. The van der Waals surface area contributed by atoms with Crippen molar-refractivity contribution in [1.82, 2.24) is 10.3 Å². The molecule has 0 saturated heterocycles. The van der Waals surface area contributed by atoms with E-state index in [4.69, 9.17) is 16.6 Å². The van der Waals surface area contributed by atoms with Crippen LogP contribution in [0.2, 0.25) is 5.02 Å². The smallest absolute Gasteiger partial charge is 0.114 e. The lowest BCUT2D eigenvalue weighted by Gasteiger charge is -2.19. The second kappa shape index (κ2) is 6.07. The van der Waals surface area contributed by atoms with Crippen molar-refractivity contribution in [2.75, 3.05) is 0 Å². The summed E-state index contributed by atoms with van der Waals surface area (Å²) in [6, 6.07) is 6.97. The van der Waals surface area contributed by atoms with E-state index >= 15 is 0 Å². The first-order chi connectivity index (χ1) is 10.0. The number of benzene rings is 1. The van der Waals surface area contributed by atoms with Gasteiger partial charge in [-0.15, -0.1) is 11.3 Å². The number of hydrogen-bond donors (Lipinski definition) is 1. The lowest BCUT2D eigenvalue weighted by molar-refractivity contribution is 0.593. The molecule has 1 fully saturated rings. The summed E-state index contributed by atoms with van der Waals surface area (Å²) in [7, 11) is 0. The summed E-state index contributed by atoms with van der Waals surface area (Å²) < 4.78 is 0. The van der Waals surface area contributed by atoms with Crippen molar-refractivity contribution in [2.24, 2.45) is 0 Å². The molecule has 3 rings (SSSR count). The van der Waals surface area contributed by atoms with Gasteiger partial charge in [0.05, 0.1) is 11.7 Å². The molecule has 0 amide bonds. The Hall–Kier alpha value is -0.900. The summed E-state index contributed by atoms with van der Waals surface area (Å²) >= 11 is 7.85. The minimum absolute atomic E-state index is 0.187. The molecule has 2 aromatic rings. The zero-order valence-corrected chi connectivity index (χ0v) is 14.3. The summed E-state index contributed by atoms with van der Waals surface area (Å²) in [5.74, 6) is 0.475. The Bertz CT molecular complexity index is 631. The molecule has 112 valence electrons. The van der Waals surface area contributed by atoms with E-state index in [1.54, 1.807) is 11.3 Å². The Morgan fingerprint density at radius 1 is 1.33 bits per heavy atom. The van der Waals surface area contributed by atoms with Gasteiger partial charge in [0.15, 0.2) is 0 Å². The molecule has 0 aliphatic heterocycles. The Morgan fingerprint density at radius 2 is 2.10 bits per heavy atom. The van der Waals surface area contributed by atoms with Crippen LogP contribution in [0.25, 0.3) is 0 Å². The van der Waals surface area contributed by atoms with Crippen molar-refractivity contribution in [1.29, 1.82) is 0 Å². The molecule has 1 atom stereocenters. The van der Waals surface area contributed by atoms with Crippen LogP contribution in [0.15, 0.2) is 23.6 Å². The van der Waals surface area contributed by atoms with Crippen LogP contribution in [0, 0.1) is 6.92 Å². The lowest BCUT2D eigenvalue weighted by atomic mass is 10.0. The maximum atomic E-state index is 6.10. The van der Waals surface area contributed by atoms with Crippen molar-refractivity contribution in [2.45, 2.75) is 51.6 Å². The minimum atomic E-state index is 0.187. The first-order valence-corrected chi connectivity index (χ1v) is 8.77. The van der Waals surface area contributed by atoms with Crippen LogP contribution in [0.4, 0.5) is 0 Å². The summed E-state index contributed by atoms with van der Waals surface area (Å²) in [5, 5.41) is 7.89. The molecule has 0 radical (unpaired) electrons. The van der Waals surface area contributed by atoms with Gasteiger partial charge in [-0.2, -0.15) is 0 Å². The van der Waals surface area contributed by atoms with Crippen LogP contribution in [0.1, 0.15) is 60.5 Å². The monoisotopic (exact) mass is 320 g/mol. The predicted molar refractivity (Wildman–Crippen MR) is 90.4 cm³/mol. The third-order valence-corrected chi connectivity index (χ3v) is 5.06. The van der Waals surface area contributed by atoms with E-state index in [0.717, 1.165) is 10.0 Å². The normalized spacial score (nSPS) is 16.4. The lowest BCUT2D eigenvalue weighted by Crippen LogP contribution is -2.25. The molecule has 2 nitrogen and oxygen atoms in total. The van der Waals surface area contributed by atoms with E-state index in [1.165, 1.54) is 29.7 Å². The Morgan fingerprint density at radius 3 is 2.67 bits per heavy atom. The van der Waals surface area contributed by atoms with Crippen molar-refractivity contribution in [3.8, 4) is 0 Å². The molecule has 0 bridgehead atoms. The van der Waals surface area contributed by atoms with Crippen molar-refractivity contribution in [3.05, 3.63) is 50.4 Å². The van der Waals surface area contributed by atoms with E-state index in [9.17, 15) is 0 Å². The molecule has 4 heteroatoms. The van der Waals surface area contributed by atoms with Gasteiger partial charge in [-0.25, -0.2) is 4.98 Å². The number of hydrogen-bond acceptors (Lipinski definition) is 3. The predicted octanol–water partition coefficient (Wildman–Crippen LogP) is 5.07. The third-order valence-electron chi connectivity index (χ3n) is 3.90. The van der Waals surface area contributed by atoms with E-state index in [2.05, 4.69) is 37.5 Å². The molecule has 21 heavy (non-hydrogen) atoms. The second-order valence-electron chi connectivity index (χ2n) is 6.14. The Kier molecular flexibility index (Phi) is 4.34. The maximum Gasteiger partial charge on any atom is 0.114 e. The highest BCUT2D eigenvalue weighted by Crippen LogP contribution is 2.33. The maximum absolute atomic E-state index is 6.10. The van der Waals surface area contributed by atoms with Gasteiger partial charge in [-0.3, -0.25) is 0 Å². The molecule has 1 unspecified atom stereocenters. The summed E-state index contributed by atoms with van der Waals surface area (Å²) in [5.41, 5.74) is 3.70. The zero-order chi connectivity index (χ0) is 15.0. The second-order valence-corrected chi connectivity index (χ2v) is 7.47. The van der Waals surface area contributed by atoms with Crippen LogP contribution >= 0.6 is 22.9 Å². The average Bonchev–Trinajstić information content (AvgIpc) is 3.11. The first-order valence-electron chi connectivity index (χ1n) is 7.52. The number of aryl methyl sites for hydroxylation is 1. The third kappa shape index (κ3) is 3.47. The SMILES string of the molecule is Cc1cc(Cl)ccc1C(NC1CC1)c1nc(C(C)C)cs1. The van der Waals surface area contributed by atoms with Crippen molar-refractivity contribution in [3.63, 3.8) is 0 Å². The molecule has 1 saturated carbocycles. The molecule has 1 N–H and O–H groups in total. The first kappa shape index (κ1) is 15.0. The van der Waals surface area contributed by atoms with Gasteiger partial charge in [0.2, 0.25) is 0 Å². The molecule has 0 spiro atoms. The molecule has 1 aromatic heterocycles. The molecule has 1 aromatic carbocycles. The van der Waals surface area contributed by atoms with E-state index in [0.29, 0.717) is 12.0 Å². The average molecular weight is 321 g/mol. The molecule has 1 aliphatic rings. The van der Waals surface area contributed by atoms with E-state index < -0.39 is 0 Å². The van der Waals surface area contributed by atoms with E-state index in [-0.39, 0.29) is 6.04 Å². The number of aromatic nitrogens is 1. The highest BCUT2D eigenvalue weighted by molar-refractivity contribution is 7.09. The van der Waals surface area contributed by atoms with Crippen LogP contribution in [-0.4, -0.2) is 11.0 Å². The summed E-state index contributed by atoms with van der Waals surface area (Å²) in [6.07, 6.45) is 2.54. The standard InChI is InChI=1S/C17H21ClN2S/c1-10(2)15-9-21-17(20-15)16(19-13-5-6-13)14-7-4-12(18)8-11(14)3/h4,7-10,13,16,19H,5-6H2,1-3H3. The van der Waals surface area contributed by atoms with Crippen molar-refractivity contribution >= 4 is 22.9 Å². The van der Waals surface area contributed by atoms with Crippen LogP contribution in [0.3, 0.4) is 0 Å². The zero-order valence-electron chi connectivity index (χ0n) is 12.7. The van der Waals surface area contributed by atoms with Crippen molar-refractivity contribution < 1.29 is 0 Å². The number of nitrogens with zero attached hydrogens (tertiary/aromatic N) is 1. The fourth-order valence-electron chi connectivity index (χ4n) is 2.44. The van der Waals surface area contributed by atoms with Gasteiger partial charge < -0.3 is 5.32 Å². The number of rotatable bonds is 5. The van der Waals surface area contributed by atoms with Crippen LogP contribution < -0.4 is 5.32 Å². The Labute approximate surface area is 135 Å². The topological polar surface area (TPSA) is 24.9 Å². The number of nitrogens with one attached hydrogen (secondary N) is 1. The van der Waals surface area contributed by atoms with Gasteiger partial charge >= 0.3 is 0 Å².